The number of carbonyl (C=O) groups excluding carboxylic acids is 2. The molecule has 0 atom stereocenters. The summed E-state index contributed by atoms with van der Waals surface area (Å²) in [5.41, 5.74) is 0.439. The molecule has 0 unspecified atom stereocenters. The van der Waals surface area contributed by atoms with Crippen molar-refractivity contribution in [3.63, 3.8) is 0 Å². The van der Waals surface area contributed by atoms with Crippen LogP contribution in [0.25, 0.3) is 0 Å². The normalized spacial score (nSPS) is 12.2. The SMILES string of the molecule is CCCCCCCCCC=CC=CC=CC=CC=CC=CC(=O)NCCOC(=O)c1ccc(OCC)cc1. The minimum atomic E-state index is -0.438. The van der Waals surface area contributed by atoms with Crippen molar-refractivity contribution in [3.8, 4) is 5.75 Å². The van der Waals surface area contributed by atoms with E-state index in [9.17, 15) is 9.59 Å². The molecule has 0 heterocycles. The van der Waals surface area contributed by atoms with E-state index in [4.69, 9.17) is 9.47 Å². The molecule has 0 fully saturated rings. The Bertz CT molecular complexity index is 936. The second kappa shape index (κ2) is 23.8. The molecule has 0 saturated carbocycles. The maximum atomic E-state index is 12.0. The zero-order valence-electron chi connectivity index (χ0n) is 23.1. The molecule has 1 N–H and O–H groups in total. The number of nitrogens with one attached hydrogen (secondary N) is 1. The van der Waals surface area contributed by atoms with Crippen LogP contribution in [0.15, 0.2) is 97.2 Å². The molecule has 0 aliphatic rings. The molecule has 0 saturated heterocycles. The van der Waals surface area contributed by atoms with Crippen molar-refractivity contribution in [2.75, 3.05) is 19.8 Å². The van der Waals surface area contributed by atoms with Gasteiger partial charge in [0.1, 0.15) is 12.4 Å². The van der Waals surface area contributed by atoms with E-state index in [0.29, 0.717) is 17.9 Å². The Morgan fingerprint density at radius 1 is 0.737 bits per heavy atom. The molecule has 0 bridgehead atoms. The predicted molar refractivity (Wildman–Crippen MR) is 158 cm³/mol. The zero-order valence-corrected chi connectivity index (χ0v) is 23.1. The summed E-state index contributed by atoms with van der Waals surface area (Å²) in [6.07, 6.45) is 33.4. The van der Waals surface area contributed by atoms with Crippen LogP contribution in [0.2, 0.25) is 0 Å². The third-order valence-corrected chi connectivity index (χ3v) is 5.39. The van der Waals surface area contributed by atoms with E-state index in [0.717, 1.165) is 6.42 Å². The van der Waals surface area contributed by atoms with Gasteiger partial charge in [0.25, 0.3) is 0 Å². The van der Waals surface area contributed by atoms with Crippen LogP contribution in [-0.4, -0.2) is 31.6 Å². The van der Waals surface area contributed by atoms with Crippen LogP contribution in [0.1, 0.15) is 75.6 Å². The fraction of sp³-hybridized carbons (Fsp3) is 0.394. The van der Waals surface area contributed by atoms with Crippen LogP contribution in [-0.2, 0) is 9.53 Å². The lowest BCUT2D eigenvalue weighted by Crippen LogP contribution is -2.26. The lowest BCUT2D eigenvalue weighted by atomic mass is 10.1. The molecule has 1 amide bonds. The van der Waals surface area contributed by atoms with Crippen molar-refractivity contribution in [2.24, 2.45) is 0 Å². The molecule has 1 aromatic rings. The number of carbonyl (C=O) groups is 2. The van der Waals surface area contributed by atoms with E-state index >= 15 is 0 Å². The van der Waals surface area contributed by atoms with E-state index in [2.05, 4.69) is 24.4 Å². The van der Waals surface area contributed by atoms with E-state index in [1.807, 2.05) is 49.5 Å². The van der Waals surface area contributed by atoms with Crippen LogP contribution in [0.5, 0.6) is 5.75 Å². The minimum Gasteiger partial charge on any atom is -0.494 e. The number of unbranched alkanes of at least 4 members (excludes halogenated alkanes) is 7. The number of hydrogen-bond acceptors (Lipinski definition) is 4. The Kier molecular flexibility index (Phi) is 20.3. The lowest BCUT2D eigenvalue weighted by molar-refractivity contribution is -0.116. The molecule has 1 rings (SSSR count). The summed E-state index contributed by atoms with van der Waals surface area (Å²) in [4.78, 5) is 23.8. The summed E-state index contributed by atoms with van der Waals surface area (Å²) in [6.45, 7) is 5.05. The number of hydrogen-bond donors (Lipinski definition) is 1. The van der Waals surface area contributed by atoms with E-state index in [-0.39, 0.29) is 19.1 Å². The zero-order chi connectivity index (χ0) is 27.5. The van der Waals surface area contributed by atoms with Gasteiger partial charge in [-0.3, -0.25) is 4.79 Å². The number of ether oxygens (including phenoxy) is 2. The first kappa shape index (κ1) is 32.4. The van der Waals surface area contributed by atoms with Gasteiger partial charge in [0.05, 0.1) is 18.7 Å². The van der Waals surface area contributed by atoms with Crippen molar-refractivity contribution in [3.05, 3.63) is 103 Å². The highest BCUT2D eigenvalue weighted by atomic mass is 16.5. The molecular weight excluding hydrogens is 474 g/mol. The second-order valence-electron chi connectivity index (χ2n) is 8.62. The number of rotatable bonds is 20. The molecule has 206 valence electrons. The number of allylic oxidation sites excluding steroid dienone is 11. The van der Waals surface area contributed by atoms with Gasteiger partial charge >= 0.3 is 5.97 Å². The van der Waals surface area contributed by atoms with Gasteiger partial charge < -0.3 is 14.8 Å². The standard InChI is InChI=1S/C33H45NO4/c1-3-5-6-7-8-9-10-11-12-13-14-15-16-17-18-19-20-21-22-23-32(35)34-28-29-38-33(36)30-24-26-31(27-25-30)37-4-2/h12-27H,3-11,28-29H2,1-2H3,(H,34,35). The van der Waals surface area contributed by atoms with E-state index < -0.39 is 5.97 Å². The Morgan fingerprint density at radius 3 is 1.95 bits per heavy atom. The fourth-order valence-corrected chi connectivity index (χ4v) is 3.36. The Hall–Kier alpha value is -3.60. The summed E-state index contributed by atoms with van der Waals surface area (Å²) >= 11 is 0. The molecule has 0 aliphatic heterocycles. The molecular formula is C33H45NO4. The quantitative estimate of drug-likeness (QED) is 0.0825. The fourth-order valence-electron chi connectivity index (χ4n) is 3.36. The van der Waals surface area contributed by atoms with Crippen molar-refractivity contribution >= 4 is 11.9 Å². The first-order valence-corrected chi connectivity index (χ1v) is 13.8. The Balaban J connectivity index is 2.08. The number of amides is 1. The van der Waals surface area contributed by atoms with Gasteiger partial charge in [0.2, 0.25) is 5.91 Å². The molecule has 0 spiro atoms. The Labute approximate surface area is 229 Å². The van der Waals surface area contributed by atoms with E-state index in [1.165, 1.54) is 51.0 Å². The van der Waals surface area contributed by atoms with E-state index in [1.54, 1.807) is 36.4 Å². The molecule has 0 aliphatic carbocycles. The van der Waals surface area contributed by atoms with Crippen LogP contribution in [0.3, 0.4) is 0 Å². The maximum absolute atomic E-state index is 12.0. The second-order valence-corrected chi connectivity index (χ2v) is 8.62. The average molecular weight is 520 g/mol. The van der Waals surface area contributed by atoms with Gasteiger partial charge in [-0.15, -0.1) is 0 Å². The molecule has 5 nitrogen and oxygen atoms in total. The van der Waals surface area contributed by atoms with Gasteiger partial charge in [0, 0.05) is 6.08 Å². The topological polar surface area (TPSA) is 64.6 Å². The van der Waals surface area contributed by atoms with Crippen molar-refractivity contribution in [1.29, 1.82) is 0 Å². The molecule has 5 heteroatoms. The monoisotopic (exact) mass is 519 g/mol. The van der Waals surface area contributed by atoms with Crippen LogP contribution >= 0.6 is 0 Å². The van der Waals surface area contributed by atoms with Gasteiger partial charge in [-0.25, -0.2) is 4.79 Å². The number of benzene rings is 1. The summed E-state index contributed by atoms with van der Waals surface area (Å²) < 4.78 is 10.5. The Morgan fingerprint density at radius 2 is 1.32 bits per heavy atom. The van der Waals surface area contributed by atoms with Gasteiger partial charge in [0.15, 0.2) is 0 Å². The summed E-state index contributed by atoms with van der Waals surface area (Å²) in [5, 5.41) is 2.67. The largest absolute Gasteiger partial charge is 0.494 e. The van der Waals surface area contributed by atoms with Gasteiger partial charge in [-0.05, 0) is 44.0 Å². The number of esters is 1. The molecule has 0 radical (unpaired) electrons. The molecule has 0 aromatic heterocycles. The third-order valence-electron chi connectivity index (χ3n) is 5.39. The highest BCUT2D eigenvalue weighted by Crippen LogP contribution is 2.12. The highest BCUT2D eigenvalue weighted by molar-refractivity contribution is 5.89. The van der Waals surface area contributed by atoms with Crippen molar-refractivity contribution < 1.29 is 19.1 Å². The van der Waals surface area contributed by atoms with Gasteiger partial charge in [-0.2, -0.15) is 0 Å². The highest BCUT2D eigenvalue weighted by Gasteiger charge is 2.07. The summed E-state index contributed by atoms with van der Waals surface area (Å²) in [5.74, 6) is 0.0157. The van der Waals surface area contributed by atoms with Crippen molar-refractivity contribution in [1.82, 2.24) is 5.32 Å². The van der Waals surface area contributed by atoms with Crippen LogP contribution in [0.4, 0.5) is 0 Å². The summed E-state index contributed by atoms with van der Waals surface area (Å²) in [7, 11) is 0. The van der Waals surface area contributed by atoms with Crippen LogP contribution in [0, 0.1) is 0 Å². The summed E-state index contributed by atoms with van der Waals surface area (Å²) in [6, 6.07) is 6.75. The minimum absolute atomic E-state index is 0.0972. The third kappa shape index (κ3) is 18.6. The smallest absolute Gasteiger partial charge is 0.338 e. The van der Waals surface area contributed by atoms with Crippen molar-refractivity contribution in [2.45, 2.75) is 65.2 Å². The van der Waals surface area contributed by atoms with Gasteiger partial charge in [-0.1, -0.05) is 112 Å². The molecule has 38 heavy (non-hydrogen) atoms. The lowest BCUT2D eigenvalue weighted by Gasteiger charge is -2.06. The van der Waals surface area contributed by atoms with Crippen LogP contribution < -0.4 is 10.1 Å². The average Bonchev–Trinajstić information content (AvgIpc) is 2.93. The first-order chi connectivity index (χ1) is 18.7. The maximum Gasteiger partial charge on any atom is 0.338 e. The predicted octanol–water partition coefficient (Wildman–Crippen LogP) is 7.84. The molecule has 1 aromatic carbocycles. The first-order valence-electron chi connectivity index (χ1n) is 13.8.